The van der Waals surface area contributed by atoms with Crippen LogP contribution in [0.5, 0.6) is 0 Å². The summed E-state index contributed by atoms with van der Waals surface area (Å²) in [6.45, 7) is 12.2. The Morgan fingerprint density at radius 3 is 2.61 bits per heavy atom. The molecule has 0 spiro atoms. The zero-order valence-electron chi connectivity index (χ0n) is 18.4. The van der Waals surface area contributed by atoms with E-state index >= 15 is 0 Å². The predicted molar refractivity (Wildman–Crippen MR) is 112 cm³/mol. The summed E-state index contributed by atoms with van der Waals surface area (Å²) in [7, 11) is 3.80. The van der Waals surface area contributed by atoms with Crippen LogP contribution in [0.1, 0.15) is 58.0 Å². The molecule has 1 fully saturated rings. The summed E-state index contributed by atoms with van der Waals surface area (Å²) in [5.74, 6) is 0.849. The number of amides is 1. The van der Waals surface area contributed by atoms with Gasteiger partial charge in [0.25, 0.3) is 0 Å². The molecule has 8 nitrogen and oxygen atoms in total. The smallest absolute Gasteiger partial charge is 0.407 e. The monoisotopic (exact) mass is 392 g/mol. The number of carbonyl (C=O) groups is 1. The van der Waals surface area contributed by atoms with Crippen LogP contribution in [-0.4, -0.2) is 58.5 Å². The van der Waals surface area contributed by atoms with Crippen molar-refractivity contribution in [3.63, 3.8) is 0 Å². The maximum absolute atomic E-state index is 12.0. The van der Waals surface area contributed by atoms with Crippen molar-refractivity contribution in [2.24, 2.45) is 12.0 Å². The van der Waals surface area contributed by atoms with Gasteiger partial charge in [-0.05, 0) is 40.0 Å². The van der Waals surface area contributed by atoms with Crippen molar-refractivity contribution in [2.75, 3.05) is 20.1 Å². The van der Waals surface area contributed by atoms with Gasteiger partial charge in [0.1, 0.15) is 5.60 Å². The number of carbonyl (C=O) groups excluding carboxylic acids is 1. The number of nitrogens with zero attached hydrogens (tertiary/aromatic N) is 4. The normalized spacial score (nSPS) is 17.8. The van der Waals surface area contributed by atoms with E-state index < -0.39 is 5.60 Å². The Bertz CT molecular complexity index is 704. The third-order valence-corrected chi connectivity index (χ3v) is 4.87. The van der Waals surface area contributed by atoms with Gasteiger partial charge in [-0.1, -0.05) is 13.8 Å². The molecule has 1 aromatic heterocycles. The maximum atomic E-state index is 12.0. The van der Waals surface area contributed by atoms with Gasteiger partial charge in [0.05, 0.1) is 11.7 Å². The minimum atomic E-state index is -0.488. The lowest BCUT2D eigenvalue weighted by atomic mass is 10.1. The third-order valence-electron chi connectivity index (χ3n) is 4.87. The highest BCUT2D eigenvalue weighted by Crippen LogP contribution is 2.16. The lowest BCUT2D eigenvalue weighted by Crippen LogP contribution is -2.44. The second kappa shape index (κ2) is 9.30. The molecule has 1 aliphatic rings. The minimum absolute atomic E-state index is 0.0594. The van der Waals surface area contributed by atoms with Crippen LogP contribution >= 0.6 is 0 Å². The van der Waals surface area contributed by atoms with Gasteiger partial charge < -0.3 is 20.3 Å². The Labute approximate surface area is 168 Å². The second-order valence-electron chi connectivity index (χ2n) is 8.18. The van der Waals surface area contributed by atoms with Crippen LogP contribution in [0.4, 0.5) is 4.79 Å². The summed E-state index contributed by atoms with van der Waals surface area (Å²) in [6, 6.07) is 0.0594. The highest BCUT2D eigenvalue weighted by molar-refractivity contribution is 5.80. The molecule has 0 radical (unpaired) electrons. The highest BCUT2D eigenvalue weighted by atomic mass is 16.6. The molecule has 0 aliphatic carbocycles. The molecule has 28 heavy (non-hydrogen) atoms. The van der Waals surface area contributed by atoms with Gasteiger partial charge in [0, 0.05) is 45.0 Å². The molecule has 1 aromatic rings. The number of ether oxygens (including phenoxy) is 1. The molecular formula is C20H36N6O2. The number of alkyl carbamates (subject to hydrolysis) is 1. The van der Waals surface area contributed by atoms with Crippen molar-refractivity contribution < 1.29 is 9.53 Å². The summed E-state index contributed by atoms with van der Waals surface area (Å²) >= 11 is 0. The number of nitrogens with one attached hydrogen (secondary N) is 2. The van der Waals surface area contributed by atoms with Crippen LogP contribution in [0.2, 0.25) is 0 Å². The maximum Gasteiger partial charge on any atom is 0.407 e. The van der Waals surface area contributed by atoms with Crippen molar-refractivity contribution in [1.82, 2.24) is 25.3 Å². The Hall–Kier alpha value is -2.25. The molecule has 158 valence electrons. The fraction of sp³-hybridized carbons (Fsp3) is 0.750. The molecule has 0 bridgehead atoms. The summed E-state index contributed by atoms with van der Waals surface area (Å²) in [5, 5.41) is 11.1. The van der Waals surface area contributed by atoms with Crippen LogP contribution < -0.4 is 10.6 Å². The SMILES string of the molecule is CCc1nn(C)c(CC)c1CNC(=NC)N1CCC(NC(=O)OC(C)(C)C)C1. The number of hydrogen-bond acceptors (Lipinski definition) is 4. The van der Waals surface area contributed by atoms with Crippen molar-refractivity contribution in [2.45, 2.75) is 72.1 Å². The highest BCUT2D eigenvalue weighted by Gasteiger charge is 2.28. The zero-order chi connectivity index (χ0) is 20.9. The second-order valence-corrected chi connectivity index (χ2v) is 8.18. The molecule has 0 saturated carbocycles. The van der Waals surface area contributed by atoms with Crippen LogP contribution in [-0.2, 0) is 31.2 Å². The van der Waals surface area contributed by atoms with E-state index in [9.17, 15) is 4.79 Å². The summed E-state index contributed by atoms with van der Waals surface area (Å²) < 4.78 is 7.34. The van der Waals surface area contributed by atoms with Crippen LogP contribution in [0.25, 0.3) is 0 Å². The van der Waals surface area contributed by atoms with Gasteiger partial charge in [0.2, 0.25) is 0 Å². The first-order valence-corrected chi connectivity index (χ1v) is 10.2. The van der Waals surface area contributed by atoms with Crippen molar-refractivity contribution in [1.29, 1.82) is 0 Å². The first-order valence-electron chi connectivity index (χ1n) is 10.2. The van der Waals surface area contributed by atoms with Crippen molar-refractivity contribution in [3.8, 4) is 0 Å². The van der Waals surface area contributed by atoms with Gasteiger partial charge in [-0.25, -0.2) is 4.79 Å². The van der Waals surface area contributed by atoms with Crippen LogP contribution in [0, 0.1) is 0 Å². The largest absolute Gasteiger partial charge is 0.444 e. The average Bonchev–Trinajstić information content (AvgIpc) is 3.17. The molecule has 2 heterocycles. The van der Waals surface area contributed by atoms with E-state index in [-0.39, 0.29) is 12.1 Å². The molecule has 1 aliphatic heterocycles. The predicted octanol–water partition coefficient (Wildman–Crippen LogP) is 2.22. The van der Waals surface area contributed by atoms with Crippen molar-refractivity contribution in [3.05, 3.63) is 17.0 Å². The lowest BCUT2D eigenvalue weighted by Gasteiger charge is -2.23. The topological polar surface area (TPSA) is 83.8 Å². The van der Waals surface area contributed by atoms with E-state index in [1.165, 1.54) is 11.3 Å². The average molecular weight is 393 g/mol. The standard InChI is InChI=1S/C20H36N6O2/c1-8-16-15(17(9-2)25(7)24-16)12-22-18(21-6)26-11-10-14(13-26)23-19(27)28-20(3,4)5/h14H,8-13H2,1-7H3,(H,21,22)(H,23,27). The first kappa shape index (κ1) is 22.0. The Morgan fingerprint density at radius 2 is 2.04 bits per heavy atom. The minimum Gasteiger partial charge on any atom is -0.444 e. The number of guanidine groups is 1. The Balaban J connectivity index is 1.94. The molecular weight excluding hydrogens is 356 g/mol. The Morgan fingerprint density at radius 1 is 1.32 bits per heavy atom. The fourth-order valence-electron chi connectivity index (χ4n) is 3.64. The summed E-state index contributed by atoms with van der Waals surface area (Å²) in [4.78, 5) is 18.6. The molecule has 1 unspecified atom stereocenters. The van der Waals surface area contributed by atoms with E-state index in [0.29, 0.717) is 13.1 Å². The van der Waals surface area contributed by atoms with Gasteiger partial charge in [-0.15, -0.1) is 0 Å². The van der Waals surface area contributed by atoms with Gasteiger partial charge >= 0.3 is 6.09 Å². The van der Waals surface area contributed by atoms with E-state index in [0.717, 1.165) is 37.5 Å². The van der Waals surface area contributed by atoms with E-state index in [1.54, 1.807) is 7.05 Å². The number of hydrogen-bond donors (Lipinski definition) is 2. The number of rotatable bonds is 5. The van der Waals surface area contributed by atoms with Crippen LogP contribution in [0.3, 0.4) is 0 Å². The van der Waals surface area contributed by atoms with E-state index in [2.05, 4.69) is 39.5 Å². The number of likely N-dealkylation sites (tertiary alicyclic amines) is 1. The molecule has 1 amide bonds. The molecule has 2 N–H and O–H groups in total. The molecule has 2 rings (SSSR count). The van der Waals surface area contributed by atoms with Gasteiger partial charge in [-0.2, -0.15) is 5.10 Å². The quantitative estimate of drug-likeness (QED) is 0.593. The third kappa shape index (κ3) is 5.62. The molecule has 8 heteroatoms. The van der Waals surface area contributed by atoms with Gasteiger partial charge in [0.15, 0.2) is 5.96 Å². The van der Waals surface area contributed by atoms with E-state index in [4.69, 9.17) is 4.74 Å². The Kier molecular flexibility index (Phi) is 7.32. The van der Waals surface area contributed by atoms with Crippen LogP contribution in [0.15, 0.2) is 4.99 Å². The van der Waals surface area contributed by atoms with Gasteiger partial charge in [-0.3, -0.25) is 9.67 Å². The molecule has 1 saturated heterocycles. The fourth-order valence-corrected chi connectivity index (χ4v) is 3.64. The number of aryl methyl sites for hydroxylation is 2. The number of aromatic nitrogens is 2. The zero-order valence-corrected chi connectivity index (χ0v) is 18.4. The lowest BCUT2D eigenvalue weighted by molar-refractivity contribution is 0.0507. The van der Waals surface area contributed by atoms with E-state index in [1.807, 2.05) is 32.5 Å². The first-order chi connectivity index (χ1) is 13.2. The summed E-state index contributed by atoms with van der Waals surface area (Å²) in [6.07, 6.45) is 2.37. The number of aliphatic imine (C=N–C) groups is 1. The molecule has 0 aromatic carbocycles. The summed E-state index contributed by atoms with van der Waals surface area (Å²) in [5.41, 5.74) is 3.16. The molecule has 1 atom stereocenters. The van der Waals surface area contributed by atoms with Crippen molar-refractivity contribution >= 4 is 12.1 Å².